The SMILES string of the molecule is O=S1(=O)CCC[C@H]1CN[C@H]1CCCOc2c(Br)cccc21. The summed E-state index contributed by atoms with van der Waals surface area (Å²) in [6.45, 7) is 1.24. The average molecular weight is 374 g/mol. The molecule has 1 saturated heterocycles. The molecule has 0 aromatic heterocycles. The fourth-order valence-corrected chi connectivity index (χ4v) is 5.42. The van der Waals surface area contributed by atoms with E-state index in [-0.39, 0.29) is 11.3 Å². The summed E-state index contributed by atoms with van der Waals surface area (Å²) in [5.41, 5.74) is 1.12. The summed E-state index contributed by atoms with van der Waals surface area (Å²) in [4.78, 5) is 0. The molecule has 6 heteroatoms. The highest BCUT2D eigenvalue weighted by Crippen LogP contribution is 2.37. The van der Waals surface area contributed by atoms with Gasteiger partial charge in [0, 0.05) is 18.2 Å². The third-order valence-corrected chi connectivity index (χ3v) is 7.21. The normalized spacial score (nSPS) is 27.7. The molecule has 1 fully saturated rings. The lowest BCUT2D eigenvalue weighted by Gasteiger charge is -2.21. The lowest BCUT2D eigenvalue weighted by molar-refractivity contribution is 0.313. The Morgan fingerprint density at radius 2 is 2.14 bits per heavy atom. The Balaban J connectivity index is 1.76. The molecular formula is C15H20BrNO3S. The second kappa shape index (κ2) is 6.26. The Kier molecular flexibility index (Phi) is 4.57. The number of fused-ring (bicyclic) bond motifs is 1. The highest BCUT2D eigenvalue weighted by molar-refractivity contribution is 9.10. The molecule has 0 amide bonds. The number of hydrogen-bond donors (Lipinski definition) is 1. The van der Waals surface area contributed by atoms with E-state index in [4.69, 9.17) is 4.74 Å². The van der Waals surface area contributed by atoms with E-state index in [9.17, 15) is 8.42 Å². The maximum atomic E-state index is 11.9. The molecule has 1 aromatic rings. The van der Waals surface area contributed by atoms with Crippen LogP contribution >= 0.6 is 15.9 Å². The quantitative estimate of drug-likeness (QED) is 0.884. The summed E-state index contributed by atoms with van der Waals surface area (Å²) in [5.74, 6) is 1.23. The summed E-state index contributed by atoms with van der Waals surface area (Å²) >= 11 is 3.53. The van der Waals surface area contributed by atoms with Crippen LogP contribution in [-0.4, -0.2) is 32.6 Å². The van der Waals surface area contributed by atoms with E-state index < -0.39 is 9.84 Å². The third-order valence-electron chi connectivity index (χ3n) is 4.31. The Labute approximate surface area is 134 Å². The van der Waals surface area contributed by atoms with Crippen molar-refractivity contribution < 1.29 is 13.2 Å². The molecule has 0 unspecified atom stereocenters. The molecular weight excluding hydrogens is 354 g/mol. The van der Waals surface area contributed by atoms with Crippen LogP contribution in [0.1, 0.15) is 37.3 Å². The van der Waals surface area contributed by atoms with Gasteiger partial charge in [0.05, 0.1) is 22.1 Å². The first-order valence-electron chi connectivity index (χ1n) is 7.44. The molecule has 4 nitrogen and oxygen atoms in total. The van der Waals surface area contributed by atoms with E-state index in [1.54, 1.807) is 0 Å². The van der Waals surface area contributed by atoms with Gasteiger partial charge in [-0.3, -0.25) is 0 Å². The zero-order chi connectivity index (χ0) is 14.9. The Hall–Kier alpha value is -0.590. The van der Waals surface area contributed by atoms with Crippen LogP contribution in [0.15, 0.2) is 22.7 Å². The van der Waals surface area contributed by atoms with Crippen molar-refractivity contribution in [1.29, 1.82) is 0 Å². The molecule has 2 heterocycles. The van der Waals surface area contributed by atoms with Crippen LogP contribution in [0, 0.1) is 0 Å². The van der Waals surface area contributed by atoms with Crippen LogP contribution in [-0.2, 0) is 9.84 Å². The Bertz CT molecular complexity index is 617. The number of nitrogens with one attached hydrogen (secondary N) is 1. The molecule has 2 atom stereocenters. The minimum atomic E-state index is -2.89. The topological polar surface area (TPSA) is 55.4 Å². The monoisotopic (exact) mass is 373 g/mol. The van der Waals surface area contributed by atoms with Crippen molar-refractivity contribution in [3.05, 3.63) is 28.2 Å². The van der Waals surface area contributed by atoms with Gasteiger partial charge >= 0.3 is 0 Å². The fourth-order valence-electron chi connectivity index (χ4n) is 3.14. The van der Waals surface area contributed by atoms with E-state index in [0.717, 1.165) is 41.5 Å². The maximum absolute atomic E-state index is 11.9. The number of para-hydroxylation sites is 1. The zero-order valence-electron chi connectivity index (χ0n) is 11.8. The minimum absolute atomic E-state index is 0.163. The van der Waals surface area contributed by atoms with Crippen LogP contribution < -0.4 is 10.1 Å². The predicted molar refractivity (Wildman–Crippen MR) is 86.4 cm³/mol. The average Bonchev–Trinajstić information content (AvgIpc) is 2.67. The van der Waals surface area contributed by atoms with Gasteiger partial charge in [0.2, 0.25) is 0 Å². The van der Waals surface area contributed by atoms with Crippen molar-refractivity contribution in [2.45, 2.75) is 37.0 Å². The number of sulfone groups is 1. The maximum Gasteiger partial charge on any atom is 0.154 e. The number of hydrogen-bond acceptors (Lipinski definition) is 4. The summed E-state index contributed by atoms with van der Waals surface area (Å²) in [7, 11) is -2.89. The van der Waals surface area contributed by atoms with E-state index in [1.807, 2.05) is 12.1 Å². The van der Waals surface area contributed by atoms with Crippen LogP contribution in [0.5, 0.6) is 5.75 Å². The van der Waals surface area contributed by atoms with Gasteiger partial charge in [0.15, 0.2) is 9.84 Å². The van der Waals surface area contributed by atoms with Crippen molar-refractivity contribution in [2.75, 3.05) is 18.9 Å². The number of halogens is 1. The van der Waals surface area contributed by atoms with Crippen molar-refractivity contribution >= 4 is 25.8 Å². The van der Waals surface area contributed by atoms with E-state index in [2.05, 4.69) is 27.3 Å². The standard InChI is InChI=1S/C15H20BrNO3S/c16-13-6-1-5-12-14(7-2-8-20-15(12)13)17-10-11-4-3-9-21(11,18)19/h1,5-6,11,14,17H,2-4,7-10H2/t11-,14-/m0/s1. The molecule has 0 spiro atoms. The number of ether oxygens (including phenoxy) is 1. The molecule has 0 aliphatic carbocycles. The third kappa shape index (κ3) is 3.27. The van der Waals surface area contributed by atoms with Gasteiger partial charge in [-0.05, 0) is 47.7 Å². The summed E-state index contributed by atoms with van der Waals surface area (Å²) in [6.07, 6.45) is 3.51. The van der Waals surface area contributed by atoms with Gasteiger partial charge in [-0.15, -0.1) is 0 Å². The number of rotatable bonds is 3. The Morgan fingerprint density at radius 3 is 2.90 bits per heavy atom. The van der Waals surface area contributed by atoms with Gasteiger partial charge in [0.1, 0.15) is 5.75 Å². The van der Waals surface area contributed by atoms with Gasteiger partial charge in [-0.1, -0.05) is 12.1 Å². The molecule has 116 valence electrons. The van der Waals surface area contributed by atoms with E-state index in [0.29, 0.717) is 18.9 Å². The van der Waals surface area contributed by atoms with Gasteiger partial charge in [-0.2, -0.15) is 0 Å². The van der Waals surface area contributed by atoms with E-state index >= 15 is 0 Å². The van der Waals surface area contributed by atoms with Crippen LogP contribution in [0.3, 0.4) is 0 Å². The van der Waals surface area contributed by atoms with Crippen LogP contribution in [0.2, 0.25) is 0 Å². The second-order valence-corrected chi connectivity index (χ2v) is 9.00. The highest BCUT2D eigenvalue weighted by Gasteiger charge is 2.32. The lowest BCUT2D eigenvalue weighted by atomic mass is 10.0. The van der Waals surface area contributed by atoms with Gasteiger partial charge in [0.25, 0.3) is 0 Å². The molecule has 0 radical (unpaired) electrons. The fraction of sp³-hybridized carbons (Fsp3) is 0.600. The first kappa shape index (κ1) is 15.3. The summed E-state index contributed by atoms with van der Waals surface area (Å²) in [5, 5.41) is 3.24. The van der Waals surface area contributed by atoms with Gasteiger partial charge in [-0.25, -0.2) is 8.42 Å². The first-order valence-corrected chi connectivity index (χ1v) is 9.95. The van der Waals surface area contributed by atoms with Crippen molar-refractivity contribution in [1.82, 2.24) is 5.32 Å². The predicted octanol–water partition coefficient (Wildman–Crippen LogP) is 2.83. The highest BCUT2D eigenvalue weighted by atomic mass is 79.9. The van der Waals surface area contributed by atoms with Crippen molar-refractivity contribution in [3.8, 4) is 5.75 Å². The summed E-state index contributed by atoms with van der Waals surface area (Å²) in [6, 6.07) is 6.20. The largest absolute Gasteiger partial charge is 0.492 e. The summed E-state index contributed by atoms with van der Waals surface area (Å²) < 4.78 is 30.6. The van der Waals surface area contributed by atoms with Crippen molar-refractivity contribution in [2.24, 2.45) is 0 Å². The molecule has 2 aliphatic rings. The Morgan fingerprint density at radius 1 is 1.29 bits per heavy atom. The van der Waals surface area contributed by atoms with Crippen molar-refractivity contribution in [3.63, 3.8) is 0 Å². The zero-order valence-corrected chi connectivity index (χ0v) is 14.2. The smallest absolute Gasteiger partial charge is 0.154 e. The van der Waals surface area contributed by atoms with Crippen LogP contribution in [0.25, 0.3) is 0 Å². The molecule has 0 saturated carbocycles. The van der Waals surface area contributed by atoms with Gasteiger partial charge < -0.3 is 10.1 Å². The number of benzene rings is 1. The molecule has 3 rings (SSSR count). The molecule has 0 bridgehead atoms. The molecule has 1 aromatic carbocycles. The van der Waals surface area contributed by atoms with E-state index in [1.165, 1.54) is 0 Å². The minimum Gasteiger partial charge on any atom is -0.492 e. The lowest BCUT2D eigenvalue weighted by Crippen LogP contribution is -2.33. The first-order chi connectivity index (χ1) is 10.1. The molecule has 1 N–H and O–H groups in total. The molecule has 21 heavy (non-hydrogen) atoms. The van der Waals surface area contributed by atoms with Crippen LogP contribution in [0.4, 0.5) is 0 Å². The molecule has 2 aliphatic heterocycles. The second-order valence-electron chi connectivity index (χ2n) is 5.74.